The summed E-state index contributed by atoms with van der Waals surface area (Å²) in [6.45, 7) is 0. The number of carbonyl (C=O) groups is 2. The number of hydrazine groups is 1. The fourth-order valence-corrected chi connectivity index (χ4v) is 3.31. The number of nitrogens with one attached hydrogen (secondary N) is 3. The number of aromatic amines is 1. The Morgan fingerprint density at radius 1 is 1.00 bits per heavy atom. The van der Waals surface area contributed by atoms with Gasteiger partial charge < -0.3 is 4.98 Å². The van der Waals surface area contributed by atoms with Gasteiger partial charge in [-0.2, -0.15) is 8.78 Å². The maximum absolute atomic E-state index is 12.5. The molecule has 0 spiro atoms. The van der Waals surface area contributed by atoms with Crippen molar-refractivity contribution >= 4 is 32.6 Å². The van der Waals surface area contributed by atoms with Gasteiger partial charge in [-0.15, -0.1) is 0 Å². The monoisotopic (exact) mass is 407 g/mol. The zero-order valence-electron chi connectivity index (χ0n) is 14.3. The predicted molar refractivity (Wildman–Crippen MR) is 97.2 cm³/mol. The Hall–Kier alpha value is -3.27. The van der Waals surface area contributed by atoms with Crippen molar-refractivity contribution < 1.29 is 26.8 Å². The van der Waals surface area contributed by atoms with Crippen molar-refractivity contribution in [1.29, 1.82) is 0 Å². The van der Waals surface area contributed by atoms with Gasteiger partial charge in [-0.3, -0.25) is 20.4 Å². The Kier molecular flexibility index (Phi) is 5.41. The van der Waals surface area contributed by atoms with E-state index in [2.05, 4.69) is 15.8 Å². The standard InChI is InChI=1S/C18H15F2N3O4S/c19-18(20)28(26,27)13-7-5-11(6-8-13)17(25)23-22-16(24)9-12-10-21-15-4-2-1-3-14(12)15/h1-8,10,18,21H,9H2,(H,22,24)(H,23,25). The molecule has 0 unspecified atom stereocenters. The van der Waals surface area contributed by atoms with Crippen LogP contribution in [0.5, 0.6) is 0 Å². The lowest BCUT2D eigenvalue weighted by molar-refractivity contribution is -0.121. The SMILES string of the molecule is O=C(Cc1c[nH]c2ccccc12)NNC(=O)c1ccc(S(=O)(=O)C(F)F)cc1. The van der Waals surface area contributed by atoms with Crippen molar-refractivity contribution in [1.82, 2.24) is 15.8 Å². The Morgan fingerprint density at radius 3 is 2.36 bits per heavy atom. The topological polar surface area (TPSA) is 108 Å². The number of hydrogen-bond donors (Lipinski definition) is 3. The summed E-state index contributed by atoms with van der Waals surface area (Å²) >= 11 is 0. The highest BCUT2D eigenvalue weighted by molar-refractivity contribution is 7.91. The summed E-state index contributed by atoms with van der Waals surface area (Å²) in [4.78, 5) is 26.5. The van der Waals surface area contributed by atoms with Crippen molar-refractivity contribution in [2.24, 2.45) is 0 Å². The van der Waals surface area contributed by atoms with E-state index in [0.29, 0.717) is 0 Å². The van der Waals surface area contributed by atoms with Crippen LogP contribution in [0.25, 0.3) is 10.9 Å². The number of para-hydroxylation sites is 1. The van der Waals surface area contributed by atoms with Crippen LogP contribution in [0.3, 0.4) is 0 Å². The number of aromatic nitrogens is 1. The van der Waals surface area contributed by atoms with Gasteiger partial charge in [0.05, 0.1) is 11.3 Å². The van der Waals surface area contributed by atoms with Crippen molar-refractivity contribution in [3.05, 3.63) is 65.9 Å². The van der Waals surface area contributed by atoms with Gasteiger partial charge in [-0.05, 0) is 35.9 Å². The zero-order valence-corrected chi connectivity index (χ0v) is 15.1. The van der Waals surface area contributed by atoms with E-state index < -0.39 is 32.3 Å². The molecule has 0 saturated carbocycles. The number of hydrogen-bond acceptors (Lipinski definition) is 4. The first-order valence-corrected chi connectivity index (χ1v) is 9.60. The highest BCUT2D eigenvalue weighted by Crippen LogP contribution is 2.19. The van der Waals surface area contributed by atoms with E-state index in [1.807, 2.05) is 24.3 Å². The highest BCUT2D eigenvalue weighted by atomic mass is 32.2. The Bertz CT molecular complexity index is 1130. The molecule has 7 nitrogen and oxygen atoms in total. The molecule has 3 aromatic rings. The summed E-state index contributed by atoms with van der Waals surface area (Å²) in [7, 11) is -4.73. The first kappa shape index (κ1) is 19.5. The van der Waals surface area contributed by atoms with Gasteiger partial charge in [-0.1, -0.05) is 18.2 Å². The molecule has 0 aliphatic heterocycles. The normalized spacial score (nSPS) is 11.5. The molecule has 0 saturated heterocycles. The number of sulfone groups is 1. The molecule has 0 aliphatic rings. The molecule has 2 aromatic carbocycles. The number of benzene rings is 2. The molecular formula is C18H15F2N3O4S. The van der Waals surface area contributed by atoms with Crippen LogP contribution in [0.15, 0.2) is 59.6 Å². The third kappa shape index (κ3) is 4.01. The lowest BCUT2D eigenvalue weighted by atomic mass is 10.1. The van der Waals surface area contributed by atoms with Gasteiger partial charge >= 0.3 is 5.76 Å². The fraction of sp³-hybridized carbons (Fsp3) is 0.111. The first-order valence-electron chi connectivity index (χ1n) is 8.05. The summed E-state index contributed by atoms with van der Waals surface area (Å²) in [5.41, 5.74) is 6.09. The van der Waals surface area contributed by atoms with E-state index in [1.165, 1.54) is 0 Å². The summed E-state index contributed by atoms with van der Waals surface area (Å²) < 4.78 is 47.7. The lowest BCUT2D eigenvalue weighted by Crippen LogP contribution is -2.42. The third-order valence-corrected chi connectivity index (χ3v) is 5.42. The van der Waals surface area contributed by atoms with Gasteiger partial charge in [0, 0.05) is 22.7 Å². The molecule has 3 N–H and O–H groups in total. The number of rotatable bonds is 5. The first-order chi connectivity index (χ1) is 13.3. The Morgan fingerprint density at radius 2 is 1.68 bits per heavy atom. The van der Waals surface area contributed by atoms with Crippen LogP contribution in [0.4, 0.5) is 8.78 Å². The summed E-state index contributed by atoms with van der Waals surface area (Å²) in [5, 5.41) is 0.889. The second-order valence-corrected chi connectivity index (χ2v) is 7.79. The average molecular weight is 407 g/mol. The summed E-state index contributed by atoms with van der Waals surface area (Å²) in [6.07, 6.45) is 1.73. The van der Waals surface area contributed by atoms with Crippen molar-refractivity contribution in [2.45, 2.75) is 17.1 Å². The third-order valence-electron chi connectivity index (χ3n) is 4.02. The maximum Gasteiger partial charge on any atom is 0.341 e. The van der Waals surface area contributed by atoms with Gasteiger partial charge in [0.1, 0.15) is 0 Å². The van der Waals surface area contributed by atoms with Crippen molar-refractivity contribution in [3.63, 3.8) is 0 Å². The van der Waals surface area contributed by atoms with Gasteiger partial charge in [-0.25, -0.2) is 8.42 Å². The highest BCUT2D eigenvalue weighted by Gasteiger charge is 2.26. The smallest absolute Gasteiger partial charge is 0.341 e. The maximum atomic E-state index is 12.5. The molecule has 10 heteroatoms. The van der Waals surface area contributed by atoms with E-state index in [9.17, 15) is 26.8 Å². The molecule has 2 amide bonds. The minimum absolute atomic E-state index is 0.000565. The second kappa shape index (κ2) is 7.77. The number of alkyl halides is 2. The van der Waals surface area contributed by atoms with E-state index in [-0.39, 0.29) is 12.0 Å². The summed E-state index contributed by atoms with van der Waals surface area (Å²) in [6, 6.07) is 11.4. The quantitative estimate of drug-likeness (QED) is 0.563. The molecule has 1 heterocycles. The molecule has 1 aromatic heterocycles. The van der Waals surface area contributed by atoms with Crippen molar-refractivity contribution in [2.75, 3.05) is 0 Å². The van der Waals surface area contributed by atoms with Gasteiger partial charge in [0.15, 0.2) is 0 Å². The zero-order chi connectivity index (χ0) is 20.3. The van der Waals surface area contributed by atoms with E-state index in [0.717, 1.165) is 40.7 Å². The van der Waals surface area contributed by atoms with Crippen LogP contribution in [-0.4, -0.2) is 31.0 Å². The molecule has 0 fully saturated rings. The molecule has 146 valence electrons. The molecule has 0 atom stereocenters. The van der Waals surface area contributed by atoms with Crippen LogP contribution in [0.1, 0.15) is 15.9 Å². The minimum atomic E-state index is -4.73. The second-order valence-electron chi connectivity index (χ2n) is 5.87. The number of fused-ring (bicyclic) bond motifs is 1. The van der Waals surface area contributed by atoms with Crippen LogP contribution >= 0.6 is 0 Å². The number of amides is 2. The molecular weight excluding hydrogens is 392 g/mol. The van der Waals surface area contributed by atoms with Crippen LogP contribution in [0, 0.1) is 0 Å². The van der Waals surface area contributed by atoms with Gasteiger partial charge in [0.2, 0.25) is 15.7 Å². The molecule has 0 aliphatic carbocycles. The number of halogens is 2. The van der Waals surface area contributed by atoms with E-state index in [4.69, 9.17) is 0 Å². The summed E-state index contributed by atoms with van der Waals surface area (Å²) in [5.74, 6) is -4.72. The van der Waals surface area contributed by atoms with Crippen LogP contribution in [-0.2, 0) is 21.1 Å². The predicted octanol–water partition coefficient (Wildman–Crippen LogP) is 2.17. The van der Waals surface area contributed by atoms with E-state index in [1.54, 1.807) is 6.20 Å². The van der Waals surface area contributed by atoms with Crippen LogP contribution in [0.2, 0.25) is 0 Å². The van der Waals surface area contributed by atoms with E-state index >= 15 is 0 Å². The minimum Gasteiger partial charge on any atom is -0.361 e. The van der Waals surface area contributed by atoms with Crippen molar-refractivity contribution in [3.8, 4) is 0 Å². The Labute approximate surface area is 158 Å². The number of carbonyl (C=O) groups excluding carboxylic acids is 2. The Balaban J connectivity index is 1.60. The average Bonchev–Trinajstić information content (AvgIpc) is 3.09. The van der Waals surface area contributed by atoms with Crippen LogP contribution < -0.4 is 10.9 Å². The fourth-order valence-electron chi connectivity index (χ4n) is 2.59. The lowest BCUT2D eigenvalue weighted by Gasteiger charge is -2.08. The molecule has 28 heavy (non-hydrogen) atoms. The largest absolute Gasteiger partial charge is 0.361 e. The molecule has 3 rings (SSSR count). The molecule has 0 bridgehead atoms. The molecule has 0 radical (unpaired) electrons. The van der Waals surface area contributed by atoms with Gasteiger partial charge in [0.25, 0.3) is 5.91 Å². The number of H-pyrrole nitrogens is 1.